The van der Waals surface area contributed by atoms with Crippen LogP contribution >= 0.6 is 48.0 Å². The minimum atomic E-state index is -0.907. The molecule has 1 heterocycles. The Morgan fingerprint density at radius 1 is 1.12 bits per heavy atom. The average molecular weight is 639 g/mol. The number of anilines is 1. The maximum atomic E-state index is 13.2. The Morgan fingerprint density at radius 2 is 1.77 bits per heavy atom. The van der Waals surface area contributed by atoms with Gasteiger partial charge in [0.1, 0.15) is 17.7 Å². The van der Waals surface area contributed by atoms with Gasteiger partial charge in [0.25, 0.3) is 0 Å². The van der Waals surface area contributed by atoms with Gasteiger partial charge in [0, 0.05) is 44.0 Å². The van der Waals surface area contributed by atoms with Crippen LogP contribution in [0.1, 0.15) is 24.7 Å². The number of nitrogens with zero attached hydrogens (tertiary/aromatic N) is 3. The van der Waals surface area contributed by atoms with Crippen LogP contribution in [0.25, 0.3) is 11.0 Å². The van der Waals surface area contributed by atoms with Crippen LogP contribution in [0.15, 0.2) is 42.5 Å². The first-order chi connectivity index (χ1) is 18.3. The van der Waals surface area contributed by atoms with Gasteiger partial charge < -0.3 is 25.3 Å². The van der Waals surface area contributed by atoms with E-state index in [1.807, 2.05) is 29.8 Å². The Labute approximate surface area is 256 Å². The van der Waals surface area contributed by atoms with Gasteiger partial charge >= 0.3 is 5.97 Å². The van der Waals surface area contributed by atoms with Gasteiger partial charge in [-0.2, -0.15) is 0 Å². The molecule has 8 nitrogen and oxygen atoms in total. The molecule has 2 atom stereocenters. The van der Waals surface area contributed by atoms with Crippen LogP contribution in [-0.2, 0) is 34.2 Å². The zero-order valence-corrected chi connectivity index (χ0v) is 25.6. The van der Waals surface area contributed by atoms with E-state index in [9.17, 15) is 14.0 Å². The van der Waals surface area contributed by atoms with Crippen molar-refractivity contribution in [2.45, 2.75) is 38.3 Å². The summed E-state index contributed by atoms with van der Waals surface area (Å²) >= 11 is 11.9. The quantitative estimate of drug-likeness (QED) is 0.201. The second-order valence-corrected chi connectivity index (χ2v) is 9.67. The first-order valence-corrected chi connectivity index (χ1v) is 13.6. The third-order valence-corrected chi connectivity index (χ3v) is 6.62. The molecule has 222 valence electrons. The number of fused-ring (bicyclic) bond motifs is 1. The molecule has 0 aliphatic carbocycles. The van der Waals surface area contributed by atoms with Crippen molar-refractivity contribution >= 4 is 76.6 Å². The summed E-state index contributed by atoms with van der Waals surface area (Å²) in [6.45, 7) is 3.23. The number of halogens is 5. The van der Waals surface area contributed by atoms with E-state index in [0.717, 1.165) is 28.1 Å². The smallest absolute Gasteiger partial charge is 0.328 e. The zero-order chi connectivity index (χ0) is 27.7. The number of nitrogens with one attached hydrogen (secondary N) is 1. The highest BCUT2D eigenvalue weighted by Crippen LogP contribution is 2.23. The Morgan fingerprint density at radius 3 is 2.38 bits per heavy atom. The normalized spacial score (nSPS) is 12.2. The molecule has 0 saturated carbocycles. The lowest BCUT2D eigenvalue weighted by Gasteiger charge is -2.22. The van der Waals surface area contributed by atoms with Gasteiger partial charge in [0.2, 0.25) is 5.91 Å². The van der Waals surface area contributed by atoms with Crippen LogP contribution in [0.4, 0.5) is 10.1 Å². The molecule has 3 aromatic rings. The van der Waals surface area contributed by atoms with E-state index in [1.54, 1.807) is 19.1 Å². The van der Waals surface area contributed by atoms with Crippen molar-refractivity contribution in [3.05, 3.63) is 59.7 Å². The van der Waals surface area contributed by atoms with Crippen LogP contribution in [0.3, 0.4) is 0 Å². The number of alkyl halides is 2. The van der Waals surface area contributed by atoms with Crippen LogP contribution in [0, 0.1) is 5.82 Å². The fourth-order valence-electron chi connectivity index (χ4n) is 4.24. The van der Waals surface area contributed by atoms with Crippen molar-refractivity contribution in [3.8, 4) is 0 Å². The van der Waals surface area contributed by atoms with Crippen LogP contribution < -0.4 is 16.0 Å². The number of hydrogen-bond acceptors (Lipinski definition) is 6. The molecule has 0 saturated heterocycles. The highest BCUT2D eigenvalue weighted by molar-refractivity contribution is 6.18. The van der Waals surface area contributed by atoms with E-state index >= 15 is 0 Å². The second kappa shape index (κ2) is 17.5. The lowest BCUT2D eigenvalue weighted by atomic mass is 10.0. The summed E-state index contributed by atoms with van der Waals surface area (Å²) in [5.41, 5.74) is 9.53. The van der Waals surface area contributed by atoms with Crippen molar-refractivity contribution < 1.29 is 18.7 Å². The highest BCUT2D eigenvalue weighted by Gasteiger charge is 2.26. The van der Waals surface area contributed by atoms with Gasteiger partial charge in [-0.25, -0.2) is 14.2 Å². The number of hydrogen-bond donors (Lipinski definition) is 2. The summed E-state index contributed by atoms with van der Waals surface area (Å²) < 4.78 is 20.3. The third kappa shape index (κ3) is 9.66. The standard InChI is InChI=1S/C27H34Cl2FN5O3.2ClH/c1-3-38-27(37)22(33-26(36)21(31)16-18-4-6-19(30)7-5-18)9-11-25-32-23-17-20(8-10-24(23)34(25)2)35(14-12-28)15-13-29;;/h4-8,10,17,21-22H,3,9,11-16,31H2,1-2H3,(H,33,36);2*1H/t21-,22-;;/m0../s1. The number of esters is 1. The van der Waals surface area contributed by atoms with Gasteiger partial charge in [-0.05, 0) is 55.7 Å². The van der Waals surface area contributed by atoms with Gasteiger partial charge in [0.05, 0.1) is 23.7 Å². The fourth-order valence-corrected chi connectivity index (χ4v) is 4.65. The number of carbonyl (C=O) groups is 2. The van der Waals surface area contributed by atoms with Gasteiger partial charge in [-0.1, -0.05) is 12.1 Å². The molecular weight excluding hydrogens is 603 g/mol. The number of amides is 1. The summed E-state index contributed by atoms with van der Waals surface area (Å²) in [5.74, 6) is 0.343. The first kappa shape index (κ1) is 35.7. The molecule has 2 aromatic carbocycles. The Bertz CT molecular complexity index is 1220. The number of ether oxygens (including phenoxy) is 1. The third-order valence-electron chi connectivity index (χ3n) is 6.28. The molecule has 0 unspecified atom stereocenters. The van der Waals surface area contributed by atoms with Crippen LogP contribution in [0.2, 0.25) is 0 Å². The second-order valence-electron chi connectivity index (χ2n) is 8.91. The highest BCUT2D eigenvalue weighted by atomic mass is 35.5. The van der Waals surface area contributed by atoms with E-state index in [0.29, 0.717) is 31.3 Å². The molecule has 0 aliphatic rings. The van der Waals surface area contributed by atoms with Crippen LogP contribution in [0.5, 0.6) is 0 Å². The molecule has 0 radical (unpaired) electrons. The fraction of sp³-hybridized carbons (Fsp3) is 0.444. The van der Waals surface area contributed by atoms with Crippen LogP contribution in [-0.4, -0.2) is 65.0 Å². The first-order valence-electron chi connectivity index (χ1n) is 12.6. The number of nitrogens with two attached hydrogens (primary N) is 1. The summed E-state index contributed by atoms with van der Waals surface area (Å²) in [6, 6.07) is 9.99. The zero-order valence-electron chi connectivity index (χ0n) is 22.4. The van der Waals surface area contributed by atoms with Crippen molar-refractivity contribution in [2.24, 2.45) is 12.8 Å². The van der Waals surface area contributed by atoms with E-state index in [1.165, 1.54) is 12.1 Å². The van der Waals surface area contributed by atoms with E-state index in [4.69, 9.17) is 38.7 Å². The molecule has 40 heavy (non-hydrogen) atoms. The molecule has 0 aliphatic heterocycles. The molecule has 13 heteroatoms. The SMILES string of the molecule is CCOC(=O)[C@H](CCc1nc2cc(N(CCCl)CCCl)ccc2n1C)NC(=O)[C@@H](N)Cc1ccc(F)cc1.Cl.Cl. The van der Waals surface area contributed by atoms with Gasteiger partial charge in [-0.15, -0.1) is 48.0 Å². The number of rotatable bonds is 14. The van der Waals surface area contributed by atoms with Crippen molar-refractivity contribution in [2.75, 3.05) is 36.4 Å². The topological polar surface area (TPSA) is 102 Å². The molecule has 1 amide bonds. The van der Waals surface area contributed by atoms with Gasteiger partial charge in [-0.3, -0.25) is 4.79 Å². The largest absolute Gasteiger partial charge is 0.464 e. The predicted molar refractivity (Wildman–Crippen MR) is 164 cm³/mol. The molecule has 0 spiro atoms. The summed E-state index contributed by atoms with van der Waals surface area (Å²) in [5, 5.41) is 2.73. The molecule has 1 aromatic heterocycles. The summed E-state index contributed by atoms with van der Waals surface area (Å²) in [6.07, 6.45) is 0.909. The molecule has 3 rings (SSSR count). The monoisotopic (exact) mass is 637 g/mol. The lowest BCUT2D eigenvalue weighted by molar-refractivity contribution is -0.147. The Hall–Kier alpha value is -2.30. The number of imidazole rings is 1. The van der Waals surface area contributed by atoms with Crippen molar-refractivity contribution in [1.29, 1.82) is 0 Å². The maximum Gasteiger partial charge on any atom is 0.328 e. The number of benzene rings is 2. The molecular formula is C27H36Cl4FN5O3. The minimum absolute atomic E-state index is 0. The van der Waals surface area contributed by atoms with E-state index in [-0.39, 0.29) is 50.1 Å². The Kier molecular flexibility index (Phi) is 15.6. The van der Waals surface area contributed by atoms with Crippen molar-refractivity contribution in [1.82, 2.24) is 14.9 Å². The number of aryl methyl sites for hydroxylation is 2. The summed E-state index contributed by atoms with van der Waals surface area (Å²) in [7, 11) is 1.91. The molecule has 0 bridgehead atoms. The molecule has 3 N–H and O–H groups in total. The predicted octanol–water partition coefficient (Wildman–Crippen LogP) is 4.39. The minimum Gasteiger partial charge on any atom is -0.464 e. The average Bonchev–Trinajstić information content (AvgIpc) is 3.22. The maximum absolute atomic E-state index is 13.2. The lowest BCUT2D eigenvalue weighted by Crippen LogP contribution is -2.49. The van der Waals surface area contributed by atoms with Crippen molar-refractivity contribution in [3.63, 3.8) is 0 Å². The van der Waals surface area contributed by atoms with Gasteiger partial charge in [0.15, 0.2) is 0 Å². The summed E-state index contributed by atoms with van der Waals surface area (Å²) in [4.78, 5) is 32.3. The number of aromatic nitrogens is 2. The Balaban J connectivity index is 0.00000400. The van der Waals surface area contributed by atoms with E-state index in [2.05, 4.69) is 10.2 Å². The van der Waals surface area contributed by atoms with E-state index < -0.39 is 24.0 Å². The number of carbonyl (C=O) groups excluding carboxylic acids is 2. The molecule has 0 fully saturated rings.